The van der Waals surface area contributed by atoms with E-state index in [1.807, 2.05) is 73.0 Å². The van der Waals surface area contributed by atoms with Gasteiger partial charge in [0.15, 0.2) is 11.0 Å². The van der Waals surface area contributed by atoms with Crippen LogP contribution in [0, 0.1) is 13.8 Å². The van der Waals surface area contributed by atoms with Gasteiger partial charge >= 0.3 is 0 Å². The molecule has 2 aromatic heterocycles. The number of benzene rings is 2. The molecule has 0 bridgehead atoms. The lowest BCUT2D eigenvalue weighted by Crippen LogP contribution is -2.15. The summed E-state index contributed by atoms with van der Waals surface area (Å²) in [5, 5.41) is 12.4. The summed E-state index contributed by atoms with van der Waals surface area (Å²) in [5.41, 5.74) is 4.66. The highest BCUT2D eigenvalue weighted by atomic mass is 32.2. The van der Waals surface area contributed by atoms with E-state index >= 15 is 0 Å². The molecule has 0 fully saturated rings. The van der Waals surface area contributed by atoms with Gasteiger partial charge in [0.25, 0.3) is 0 Å². The molecule has 4 rings (SSSR count). The van der Waals surface area contributed by atoms with Crippen molar-refractivity contribution in [2.75, 3.05) is 18.2 Å². The monoisotopic (exact) mass is 445 g/mol. The van der Waals surface area contributed by atoms with Gasteiger partial charge in [-0.15, -0.1) is 10.2 Å². The number of rotatable bonds is 7. The SMILES string of the molecule is COc1cccc(-n2c(SCC(=O)Nc3cc(C)ccc3C)nnc2-c2ccncc2)c1. The Morgan fingerprint density at radius 3 is 2.66 bits per heavy atom. The molecule has 1 N–H and O–H groups in total. The minimum atomic E-state index is -0.102. The van der Waals surface area contributed by atoms with Gasteiger partial charge in [-0.3, -0.25) is 14.3 Å². The van der Waals surface area contributed by atoms with Gasteiger partial charge in [0, 0.05) is 29.7 Å². The lowest BCUT2D eigenvalue weighted by atomic mass is 10.1. The molecular formula is C24H23N5O2S. The first kappa shape index (κ1) is 21.6. The Hall–Kier alpha value is -3.65. The molecule has 2 aromatic carbocycles. The van der Waals surface area contributed by atoms with Crippen LogP contribution in [0.2, 0.25) is 0 Å². The zero-order valence-electron chi connectivity index (χ0n) is 18.1. The number of nitrogens with zero attached hydrogens (tertiary/aromatic N) is 4. The normalized spacial score (nSPS) is 10.7. The predicted molar refractivity (Wildman–Crippen MR) is 126 cm³/mol. The molecule has 0 aliphatic heterocycles. The molecule has 0 saturated carbocycles. The molecule has 32 heavy (non-hydrogen) atoms. The van der Waals surface area contributed by atoms with E-state index in [0.29, 0.717) is 11.0 Å². The molecule has 0 radical (unpaired) electrons. The molecular weight excluding hydrogens is 422 g/mol. The standard InChI is InChI=1S/C24H23N5O2S/c1-16-7-8-17(2)21(13-16)26-22(30)15-32-24-28-27-23(18-9-11-25-12-10-18)29(24)19-5-4-6-20(14-19)31-3/h4-14H,15H2,1-3H3,(H,26,30). The van der Waals surface area contributed by atoms with Crippen molar-refractivity contribution < 1.29 is 9.53 Å². The lowest BCUT2D eigenvalue weighted by Gasteiger charge is -2.12. The first-order chi connectivity index (χ1) is 15.5. The van der Waals surface area contributed by atoms with Crippen LogP contribution in [0.5, 0.6) is 5.75 Å². The van der Waals surface area contributed by atoms with Crippen LogP contribution in [0.4, 0.5) is 5.69 Å². The fraction of sp³-hybridized carbons (Fsp3) is 0.167. The van der Waals surface area contributed by atoms with Gasteiger partial charge in [-0.1, -0.05) is 30.0 Å². The molecule has 0 atom stereocenters. The van der Waals surface area contributed by atoms with Crippen molar-refractivity contribution in [2.24, 2.45) is 0 Å². The van der Waals surface area contributed by atoms with E-state index in [1.54, 1.807) is 19.5 Å². The second kappa shape index (κ2) is 9.65. The molecule has 162 valence electrons. The molecule has 2 heterocycles. The fourth-order valence-corrected chi connectivity index (χ4v) is 3.97. The zero-order valence-corrected chi connectivity index (χ0v) is 18.9. The van der Waals surface area contributed by atoms with Crippen LogP contribution in [0.1, 0.15) is 11.1 Å². The van der Waals surface area contributed by atoms with Crippen LogP contribution in [0.25, 0.3) is 17.1 Å². The summed E-state index contributed by atoms with van der Waals surface area (Å²) in [4.78, 5) is 16.7. The highest BCUT2D eigenvalue weighted by Crippen LogP contribution is 2.29. The highest BCUT2D eigenvalue weighted by molar-refractivity contribution is 7.99. The second-order valence-electron chi connectivity index (χ2n) is 7.23. The van der Waals surface area contributed by atoms with E-state index in [-0.39, 0.29) is 11.7 Å². The van der Waals surface area contributed by atoms with Gasteiger partial charge in [-0.2, -0.15) is 0 Å². The number of pyridine rings is 1. The van der Waals surface area contributed by atoms with Crippen molar-refractivity contribution in [3.8, 4) is 22.8 Å². The first-order valence-corrected chi connectivity index (χ1v) is 11.0. The van der Waals surface area contributed by atoms with E-state index in [4.69, 9.17) is 4.74 Å². The quantitative estimate of drug-likeness (QED) is 0.416. The number of nitrogens with one attached hydrogen (secondary N) is 1. The van der Waals surface area contributed by atoms with E-state index < -0.39 is 0 Å². The van der Waals surface area contributed by atoms with Crippen molar-refractivity contribution in [2.45, 2.75) is 19.0 Å². The van der Waals surface area contributed by atoms with Crippen LogP contribution in [-0.4, -0.2) is 38.5 Å². The Bertz CT molecular complexity index is 1240. The minimum Gasteiger partial charge on any atom is -0.497 e. The lowest BCUT2D eigenvalue weighted by molar-refractivity contribution is -0.113. The number of hydrogen-bond donors (Lipinski definition) is 1. The van der Waals surface area contributed by atoms with Crippen LogP contribution >= 0.6 is 11.8 Å². The Kier molecular flexibility index (Phi) is 6.51. The molecule has 1 amide bonds. The maximum absolute atomic E-state index is 12.7. The smallest absolute Gasteiger partial charge is 0.234 e. The average Bonchev–Trinajstić information content (AvgIpc) is 3.25. The number of hydrogen-bond acceptors (Lipinski definition) is 6. The fourth-order valence-electron chi connectivity index (χ4n) is 3.22. The van der Waals surface area contributed by atoms with E-state index in [9.17, 15) is 4.79 Å². The van der Waals surface area contributed by atoms with Gasteiger partial charge in [-0.05, 0) is 55.3 Å². The van der Waals surface area contributed by atoms with Crippen LogP contribution in [0.3, 0.4) is 0 Å². The molecule has 4 aromatic rings. The molecule has 0 unspecified atom stereocenters. The van der Waals surface area contributed by atoms with Gasteiger partial charge in [0.2, 0.25) is 5.91 Å². The number of anilines is 1. The third-order valence-corrected chi connectivity index (χ3v) is 5.81. The van der Waals surface area contributed by atoms with E-state index in [2.05, 4.69) is 20.5 Å². The zero-order chi connectivity index (χ0) is 22.5. The topological polar surface area (TPSA) is 81.9 Å². The number of amides is 1. The first-order valence-electron chi connectivity index (χ1n) is 10.1. The summed E-state index contributed by atoms with van der Waals surface area (Å²) in [6, 6.07) is 17.4. The van der Waals surface area contributed by atoms with Crippen LogP contribution < -0.4 is 10.1 Å². The molecule has 0 aliphatic carbocycles. The summed E-state index contributed by atoms with van der Waals surface area (Å²) in [6.45, 7) is 3.98. The van der Waals surface area contributed by atoms with Gasteiger partial charge in [0.1, 0.15) is 5.75 Å². The molecule has 0 saturated heterocycles. The second-order valence-corrected chi connectivity index (χ2v) is 8.18. The van der Waals surface area contributed by atoms with Gasteiger partial charge in [0.05, 0.1) is 18.6 Å². The Morgan fingerprint density at radius 2 is 1.88 bits per heavy atom. The summed E-state index contributed by atoms with van der Waals surface area (Å²) >= 11 is 1.33. The maximum atomic E-state index is 12.7. The Labute approximate surface area is 190 Å². The highest BCUT2D eigenvalue weighted by Gasteiger charge is 2.18. The van der Waals surface area contributed by atoms with E-state index in [0.717, 1.165) is 33.8 Å². The third kappa shape index (κ3) is 4.81. The van der Waals surface area contributed by atoms with Crippen molar-refractivity contribution >= 4 is 23.4 Å². The van der Waals surface area contributed by atoms with Gasteiger partial charge in [-0.25, -0.2) is 0 Å². The van der Waals surface area contributed by atoms with E-state index in [1.165, 1.54) is 11.8 Å². The number of thioether (sulfide) groups is 1. The van der Waals surface area contributed by atoms with Crippen molar-refractivity contribution in [1.29, 1.82) is 0 Å². The Balaban J connectivity index is 1.61. The van der Waals surface area contributed by atoms with Crippen molar-refractivity contribution in [3.63, 3.8) is 0 Å². The van der Waals surface area contributed by atoms with Gasteiger partial charge < -0.3 is 10.1 Å². The summed E-state index contributed by atoms with van der Waals surface area (Å²) in [7, 11) is 1.63. The van der Waals surface area contributed by atoms with Crippen molar-refractivity contribution in [1.82, 2.24) is 19.7 Å². The number of methoxy groups -OCH3 is 1. The molecule has 8 heteroatoms. The van der Waals surface area contributed by atoms with Crippen molar-refractivity contribution in [3.05, 3.63) is 78.1 Å². The van der Waals surface area contributed by atoms with Crippen LogP contribution in [-0.2, 0) is 4.79 Å². The minimum absolute atomic E-state index is 0.102. The molecule has 7 nitrogen and oxygen atoms in total. The third-order valence-electron chi connectivity index (χ3n) is 4.88. The summed E-state index contributed by atoms with van der Waals surface area (Å²) in [6.07, 6.45) is 3.43. The molecule has 0 aliphatic rings. The predicted octanol–water partition coefficient (Wildman–Crippen LogP) is 4.69. The number of aryl methyl sites for hydroxylation is 2. The number of carbonyl (C=O) groups is 1. The number of carbonyl (C=O) groups excluding carboxylic acids is 1. The number of aromatic nitrogens is 4. The largest absolute Gasteiger partial charge is 0.497 e. The maximum Gasteiger partial charge on any atom is 0.234 e. The molecule has 0 spiro atoms. The number of ether oxygens (including phenoxy) is 1. The summed E-state index contributed by atoms with van der Waals surface area (Å²) < 4.78 is 7.31. The summed E-state index contributed by atoms with van der Waals surface area (Å²) in [5.74, 6) is 1.49. The van der Waals surface area contributed by atoms with Crippen LogP contribution in [0.15, 0.2) is 72.1 Å². The Morgan fingerprint density at radius 1 is 1.06 bits per heavy atom. The average molecular weight is 446 g/mol.